The van der Waals surface area contributed by atoms with Crippen molar-refractivity contribution in [1.82, 2.24) is 4.72 Å². The van der Waals surface area contributed by atoms with E-state index in [4.69, 9.17) is 0 Å². The van der Waals surface area contributed by atoms with Crippen molar-refractivity contribution in [3.8, 4) is 10.4 Å². The first kappa shape index (κ1) is 12.8. The van der Waals surface area contributed by atoms with Gasteiger partial charge in [0.1, 0.15) is 0 Å². The Balaban J connectivity index is 2.56. The van der Waals surface area contributed by atoms with Gasteiger partial charge in [-0.15, -0.1) is 11.3 Å². The van der Waals surface area contributed by atoms with Crippen LogP contribution in [0.2, 0.25) is 0 Å². The quantitative estimate of drug-likeness (QED) is 0.938. The molecule has 94 valence electrons. The highest BCUT2D eigenvalue weighted by molar-refractivity contribution is 7.90. The highest BCUT2D eigenvalue weighted by Crippen LogP contribution is 2.30. The zero-order valence-corrected chi connectivity index (χ0v) is 11.2. The van der Waals surface area contributed by atoms with E-state index in [0.29, 0.717) is 5.56 Å². The van der Waals surface area contributed by atoms with Crippen molar-refractivity contribution in [3.63, 3.8) is 0 Å². The Hall–Kier alpha value is -1.66. The molecule has 0 radical (unpaired) electrons. The average Bonchev–Trinajstić information content (AvgIpc) is 2.80. The van der Waals surface area contributed by atoms with E-state index in [1.807, 2.05) is 22.2 Å². The number of carbonyl (C=O) groups excluding carboxylic acids is 1. The first-order valence-corrected chi connectivity index (χ1v) is 7.53. The molecule has 0 atom stereocenters. The van der Waals surface area contributed by atoms with E-state index in [0.717, 1.165) is 4.88 Å². The van der Waals surface area contributed by atoms with Gasteiger partial charge in [-0.05, 0) is 17.5 Å². The van der Waals surface area contributed by atoms with Gasteiger partial charge < -0.3 is 0 Å². The Morgan fingerprint density at radius 1 is 1.17 bits per heavy atom. The SMILES string of the molecule is CC(=O)NS(=O)(=O)c1ccccc1-c1cccs1. The second-order valence-electron chi connectivity index (χ2n) is 3.64. The van der Waals surface area contributed by atoms with E-state index < -0.39 is 15.9 Å². The van der Waals surface area contributed by atoms with Crippen molar-refractivity contribution in [2.24, 2.45) is 0 Å². The zero-order valence-electron chi connectivity index (χ0n) is 9.58. The number of rotatable bonds is 3. The molecule has 0 saturated carbocycles. The third-order valence-electron chi connectivity index (χ3n) is 2.24. The molecule has 2 aromatic rings. The topological polar surface area (TPSA) is 63.2 Å². The predicted octanol–water partition coefficient (Wildman–Crippen LogP) is 2.24. The molecule has 0 bridgehead atoms. The second kappa shape index (κ2) is 4.91. The molecule has 1 aromatic carbocycles. The van der Waals surface area contributed by atoms with Gasteiger partial charge in [0, 0.05) is 17.4 Å². The number of thiophene rings is 1. The summed E-state index contributed by atoms with van der Waals surface area (Å²) in [7, 11) is -3.81. The number of hydrogen-bond acceptors (Lipinski definition) is 4. The number of hydrogen-bond donors (Lipinski definition) is 1. The Labute approximate surface area is 109 Å². The minimum absolute atomic E-state index is 0.114. The lowest BCUT2D eigenvalue weighted by Gasteiger charge is -2.09. The van der Waals surface area contributed by atoms with E-state index in [2.05, 4.69) is 0 Å². The Morgan fingerprint density at radius 2 is 1.89 bits per heavy atom. The number of nitrogens with one attached hydrogen (secondary N) is 1. The molecule has 1 aromatic heterocycles. The molecule has 1 heterocycles. The highest BCUT2D eigenvalue weighted by atomic mass is 32.2. The van der Waals surface area contributed by atoms with Gasteiger partial charge in [0.25, 0.3) is 10.0 Å². The molecule has 18 heavy (non-hydrogen) atoms. The molecule has 4 nitrogen and oxygen atoms in total. The zero-order chi connectivity index (χ0) is 13.2. The molecule has 0 saturated heterocycles. The molecule has 0 spiro atoms. The summed E-state index contributed by atoms with van der Waals surface area (Å²) in [6, 6.07) is 10.3. The second-order valence-corrected chi connectivity index (χ2v) is 6.23. The maximum absolute atomic E-state index is 12.0. The van der Waals surface area contributed by atoms with Crippen molar-refractivity contribution < 1.29 is 13.2 Å². The summed E-state index contributed by atoms with van der Waals surface area (Å²) < 4.78 is 26.0. The lowest BCUT2D eigenvalue weighted by Crippen LogP contribution is -2.28. The van der Waals surface area contributed by atoms with Gasteiger partial charge in [0.2, 0.25) is 5.91 Å². The number of carbonyl (C=O) groups is 1. The van der Waals surface area contributed by atoms with Gasteiger partial charge >= 0.3 is 0 Å². The fourth-order valence-electron chi connectivity index (χ4n) is 1.58. The van der Waals surface area contributed by atoms with Crippen molar-refractivity contribution in [2.75, 3.05) is 0 Å². The van der Waals surface area contributed by atoms with Crippen LogP contribution in [0.5, 0.6) is 0 Å². The molecule has 6 heteroatoms. The van der Waals surface area contributed by atoms with Crippen LogP contribution in [0.3, 0.4) is 0 Å². The third-order valence-corrected chi connectivity index (χ3v) is 4.64. The molecule has 0 aliphatic heterocycles. The lowest BCUT2D eigenvalue weighted by molar-refractivity contribution is -0.117. The van der Waals surface area contributed by atoms with E-state index in [-0.39, 0.29) is 4.90 Å². The van der Waals surface area contributed by atoms with Crippen molar-refractivity contribution >= 4 is 27.3 Å². The smallest absolute Gasteiger partial charge is 0.264 e. The fourth-order valence-corrected chi connectivity index (χ4v) is 3.62. The number of sulfonamides is 1. The summed E-state index contributed by atoms with van der Waals surface area (Å²) in [6.45, 7) is 1.17. The van der Waals surface area contributed by atoms with Crippen LogP contribution in [-0.2, 0) is 14.8 Å². The van der Waals surface area contributed by atoms with Gasteiger partial charge in [-0.3, -0.25) is 4.79 Å². The minimum atomic E-state index is -3.81. The van der Waals surface area contributed by atoms with Crippen molar-refractivity contribution in [2.45, 2.75) is 11.8 Å². The molecule has 0 aliphatic rings. The first-order valence-electron chi connectivity index (χ1n) is 5.17. The number of amides is 1. The molecule has 1 N–H and O–H groups in total. The van der Waals surface area contributed by atoms with Gasteiger partial charge in [0.05, 0.1) is 4.90 Å². The summed E-state index contributed by atoms with van der Waals surface area (Å²) in [4.78, 5) is 11.9. The Kier molecular flexibility index (Phi) is 3.49. The van der Waals surface area contributed by atoms with Crippen LogP contribution in [0.4, 0.5) is 0 Å². The van der Waals surface area contributed by atoms with Gasteiger partial charge in [-0.25, -0.2) is 13.1 Å². The first-order chi connectivity index (χ1) is 8.50. The summed E-state index contributed by atoms with van der Waals surface area (Å²) in [5.74, 6) is -0.601. The van der Waals surface area contributed by atoms with Crippen LogP contribution in [0.15, 0.2) is 46.7 Å². The van der Waals surface area contributed by atoms with Crippen molar-refractivity contribution in [1.29, 1.82) is 0 Å². The van der Waals surface area contributed by atoms with Crippen LogP contribution in [0, 0.1) is 0 Å². The van der Waals surface area contributed by atoms with Crippen molar-refractivity contribution in [3.05, 3.63) is 41.8 Å². The van der Waals surface area contributed by atoms with Crippen LogP contribution < -0.4 is 4.72 Å². The largest absolute Gasteiger partial charge is 0.274 e. The molecule has 2 rings (SSSR count). The van der Waals surface area contributed by atoms with Crippen LogP contribution >= 0.6 is 11.3 Å². The normalized spacial score (nSPS) is 11.2. The van der Waals surface area contributed by atoms with E-state index in [1.54, 1.807) is 18.2 Å². The van der Waals surface area contributed by atoms with E-state index >= 15 is 0 Å². The van der Waals surface area contributed by atoms with E-state index in [9.17, 15) is 13.2 Å². The number of benzene rings is 1. The van der Waals surface area contributed by atoms with Gasteiger partial charge in [-0.1, -0.05) is 24.3 Å². The lowest BCUT2D eigenvalue weighted by atomic mass is 10.2. The average molecular weight is 281 g/mol. The Morgan fingerprint density at radius 3 is 2.50 bits per heavy atom. The summed E-state index contributed by atoms with van der Waals surface area (Å²) in [5, 5.41) is 1.87. The molecular weight excluding hydrogens is 270 g/mol. The van der Waals surface area contributed by atoms with E-state index in [1.165, 1.54) is 24.3 Å². The summed E-state index contributed by atoms with van der Waals surface area (Å²) >= 11 is 1.45. The highest BCUT2D eigenvalue weighted by Gasteiger charge is 2.20. The molecular formula is C12H11NO3S2. The fraction of sp³-hybridized carbons (Fsp3) is 0.0833. The third kappa shape index (κ3) is 2.60. The monoisotopic (exact) mass is 281 g/mol. The molecule has 1 amide bonds. The predicted molar refractivity (Wildman–Crippen MR) is 70.8 cm³/mol. The minimum Gasteiger partial charge on any atom is -0.274 e. The van der Waals surface area contributed by atoms with Gasteiger partial charge in [-0.2, -0.15) is 0 Å². The molecule has 0 aliphatic carbocycles. The van der Waals surface area contributed by atoms with Crippen LogP contribution in [0.25, 0.3) is 10.4 Å². The maximum atomic E-state index is 12.0. The summed E-state index contributed by atoms with van der Waals surface area (Å²) in [6.07, 6.45) is 0. The van der Waals surface area contributed by atoms with Gasteiger partial charge in [0.15, 0.2) is 0 Å². The standard InChI is InChI=1S/C12H11NO3S2/c1-9(14)13-18(15,16)12-7-3-2-5-10(12)11-6-4-8-17-11/h2-8H,1H3,(H,13,14). The van der Waals surface area contributed by atoms with Crippen LogP contribution in [-0.4, -0.2) is 14.3 Å². The molecule has 0 unspecified atom stereocenters. The molecule has 0 fully saturated rings. The summed E-state index contributed by atoms with van der Waals surface area (Å²) in [5.41, 5.74) is 0.598. The maximum Gasteiger partial charge on any atom is 0.264 e. The van der Waals surface area contributed by atoms with Crippen LogP contribution in [0.1, 0.15) is 6.92 Å². The Bertz CT molecular complexity index is 660.